The molecule has 2 atom stereocenters. The lowest BCUT2D eigenvalue weighted by Gasteiger charge is -2.20. The largest absolute Gasteiger partial charge is 0.486 e. The number of thioether (sulfide) groups is 1. The van der Waals surface area contributed by atoms with Crippen molar-refractivity contribution in [2.45, 2.75) is 50.2 Å². The SMILES string of the molecule is CCc1ccc(OCc2nnc(SC(C)C(=O)NC(=O)NC)n2C(C)c2ccccc2)cc1. The molecule has 9 heteroatoms. The first-order chi connectivity index (χ1) is 15.9. The Bertz CT molecular complexity index is 1070. The number of amides is 3. The lowest BCUT2D eigenvalue weighted by molar-refractivity contribution is -0.119. The van der Waals surface area contributed by atoms with Gasteiger partial charge in [-0.25, -0.2) is 4.79 Å². The lowest BCUT2D eigenvalue weighted by Crippen LogP contribution is -2.41. The van der Waals surface area contributed by atoms with Crippen LogP contribution in [-0.4, -0.2) is 39.0 Å². The Morgan fingerprint density at radius 3 is 2.39 bits per heavy atom. The number of carbonyl (C=O) groups is 2. The molecule has 3 rings (SSSR count). The third kappa shape index (κ3) is 6.35. The molecule has 1 heterocycles. The number of hydrogen-bond acceptors (Lipinski definition) is 6. The third-order valence-corrected chi connectivity index (χ3v) is 6.28. The van der Waals surface area contributed by atoms with Crippen LogP contribution in [0.4, 0.5) is 4.79 Å². The van der Waals surface area contributed by atoms with Gasteiger partial charge >= 0.3 is 6.03 Å². The number of urea groups is 1. The van der Waals surface area contributed by atoms with Gasteiger partial charge in [0.25, 0.3) is 0 Å². The second kappa shape index (κ2) is 11.5. The number of nitrogens with one attached hydrogen (secondary N) is 2. The van der Waals surface area contributed by atoms with E-state index in [0.29, 0.717) is 11.0 Å². The molecular weight excluding hydrogens is 438 g/mol. The highest BCUT2D eigenvalue weighted by Crippen LogP contribution is 2.29. The second-order valence-electron chi connectivity index (χ2n) is 7.47. The van der Waals surface area contributed by atoms with Crippen LogP contribution in [0.3, 0.4) is 0 Å². The number of carbonyl (C=O) groups excluding carboxylic acids is 2. The average Bonchev–Trinajstić information content (AvgIpc) is 3.25. The van der Waals surface area contributed by atoms with Gasteiger partial charge in [-0.05, 0) is 43.5 Å². The molecule has 1 aromatic heterocycles. The van der Waals surface area contributed by atoms with Crippen molar-refractivity contribution in [3.05, 3.63) is 71.5 Å². The van der Waals surface area contributed by atoms with Crippen LogP contribution < -0.4 is 15.4 Å². The summed E-state index contributed by atoms with van der Waals surface area (Å²) in [6.45, 7) is 6.12. The molecule has 0 bridgehead atoms. The number of aromatic nitrogens is 3. The van der Waals surface area contributed by atoms with Gasteiger partial charge in [0.05, 0.1) is 11.3 Å². The summed E-state index contributed by atoms with van der Waals surface area (Å²) in [5.41, 5.74) is 2.32. The molecule has 3 aromatic rings. The van der Waals surface area contributed by atoms with Gasteiger partial charge in [0.2, 0.25) is 5.91 Å². The molecule has 174 valence electrons. The van der Waals surface area contributed by atoms with Gasteiger partial charge in [-0.2, -0.15) is 0 Å². The van der Waals surface area contributed by atoms with Crippen molar-refractivity contribution in [1.82, 2.24) is 25.4 Å². The van der Waals surface area contributed by atoms with Crippen molar-refractivity contribution in [3.8, 4) is 5.75 Å². The molecule has 0 spiro atoms. The van der Waals surface area contributed by atoms with Crippen molar-refractivity contribution in [1.29, 1.82) is 0 Å². The van der Waals surface area contributed by atoms with Gasteiger partial charge in [0.1, 0.15) is 12.4 Å². The van der Waals surface area contributed by atoms with Crippen molar-refractivity contribution in [2.75, 3.05) is 7.05 Å². The Hall–Kier alpha value is -3.33. The zero-order valence-corrected chi connectivity index (χ0v) is 20.1. The predicted octanol–water partition coefficient (Wildman–Crippen LogP) is 3.97. The standard InChI is InChI=1S/C24H29N5O3S/c1-5-18-11-13-20(14-12-18)32-15-21-27-28-24(33-17(3)22(30)26-23(31)25-4)29(21)16(2)19-9-7-6-8-10-19/h6-14,16-17H,5,15H2,1-4H3,(H2,25,26,30,31). The Balaban J connectivity index is 1.83. The summed E-state index contributed by atoms with van der Waals surface area (Å²) in [5.74, 6) is 0.990. The van der Waals surface area contributed by atoms with Crippen LogP contribution in [0, 0.1) is 0 Å². The molecular formula is C24H29N5O3S. The fourth-order valence-corrected chi connectivity index (χ4v) is 4.16. The molecule has 33 heavy (non-hydrogen) atoms. The summed E-state index contributed by atoms with van der Waals surface area (Å²) in [5, 5.41) is 13.4. The lowest BCUT2D eigenvalue weighted by atomic mass is 10.1. The molecule has 0 aliphatic carbocycles. The van der Waals surface area contributed by atoms with E-state index < -0.39 is 17.2 Å². The normalized spacial score (nSPS) is 12.6. The summed E-state index contributed by atoms with van der Waals surface area (Å²) >= 11 is 1.24. The topological polar surface area (TPSA) is 98.1 Å². The van der Waals surface area contributed by atoms with Crippen molar-refractivity contribution in [3.63, 3.8) is 0 Å². The third-order valence-electron chi connectivity index (χ3n) is 5.22. The van der Waals surface area contributed by atoms with E-state index in [2.05, 4.69) is 34.7 Å². The quantitative estimate of drug-likeness (QED) is 0.462. The fourth-order valence-electron chi connectivity index (χ4n) is 3.21. The molecule has 2 aromatic carbocycles. The van der Waals surface area contributed by atoms with Crippen LogP contribution in [0.5, 0.6) is 5.75 Å². The maximum absolute atomic E-state index is 12.4. The Kier molecular flexibility index (Phi) is 8.48. The summed E-state index contributed by atoms with van der Waals surface area (Å²) in [6, 6.07) is 17.3. The molecule has 8 nitrogen and oxygen atoms in total. The molecule has 0 aliphatic rings. The highest BCUT2D eigenvalue weighted by atomic mass is 32.2. The summed E-state index contributed by atoms with van der Waals surface area (Å²) in [6.07, 6.45) is 0.968. The minimum Gasteiger partial charge on any atom is -0.486 e. The van der Waals surface area contributed by atoms with E-state index >= 15 is 0 Å². The van der Waals surface area contributed by atoms with Crippen LogP contribution in [0.1, 0.15) is 43.8 Å². The molecule has 0 radical (unpaired) electrons. The number of ether oxygens (including phenoxy) is 1. The molecule has 0 saturated heterocycles. The first-order valence-electron chi connectivity index (χ1n) is 10.8. The van der Waals surface area contributed by atoms with Crippen molar-refractivity contribution < 1.29 is 14.3 Å². The van der Waals surface area contributed by atoms with Gasteiger partial charge in [0, 0.05) is 7.05 Å². The van der Waals surface area contributed by atoms with Gasteiger partial charge in [-0.3, -0.25) is 14.7 Å². The van der Waals surface area contributed by atoms with E-state index in [0.717, 1.165) is 17.7 Å². The Labute approximate surface area is 198 Å². The van der Waals surface area contributed by atoms with Crippen LogP contribution in [0.15, 0.2) is 59.8 Å². The smallest absolute Gasteiger partial charge is 0.321 e. The summed E-state index contributed by atoms with van der Waals surface area (Å²) in [7, 11) is 1.46. The van der Waals surface area contributed by atoms with E-state index in [-0.39, 0.29) is 12.6 Å². The highest BCUT2D eigenvalue weighted by Gasteiger charge is 2.24. The van der Waals surface area contributed by atoms with Gasteiger partial charge in [-0.1, -0.05) is 61.2 Å². The Morgan fingerprint density at radius 2 is 1.76 bits per heavy atom. The summed E-state index contributed by atoms with van der Waals surface area (Å²) in [4.78, 5) is 23.9. The number of imide groups is 1. The van der Waals surface area contributed by atoms with Crippen LogP contribution in [-0.2, 0) is 17.8 Å². The number of aryl methyl sites for hydroxylation is 1. The molecule has 0 saturated carbocycles. The minimum absolute atomic E-state index is 0.0843. The Morgan fingerprint density at radius 1 is 1.06 bits per heavy atom. The fraction of sp³-hybridized carbons (Fsp3) is 0.333. The molecule has 0 aliphatic heterocycles. The molecule has 3 amide bonds. The molecule has 0 fully saturated rings. The van der Waals surface area contributed by atoms with E-state index in [1.807, 2.05) is 59.2 Å². The van der Waals surface area contributed by atoms with Crippen LogP contribution >= 0.6 is 11.8 Å². The molecule has 2 unspecified atom stereocenters. The van der Waals surface area contributed by atoms with E-state index in [1.165, 1.54) is 24.4 Å². The first kappa shape index (κ1) is 24.3. The minimum atomic E-state index is -0.552. The number of benzene rings is 2. The van der Waals surface area contributed by atoms with Gasteiger partial charge < -0.3 is 10.1 Å². The molecule has 2 N–H and O–H groups in total. The van der Waals surface area contributed by atoms with E-state index in [4.69, 9.17) is 4.74 Å². The van der Waals surface area contributed by atoms with Crippen LogP contribution in [0.2, 0.25) is 0 Å². The van der Waals surface area contributed by atoms with E-state index in [9.17, 15) is 9.59 Å². The second-order valence-corrected chi connectivity index (χ2v) is 8.78. The zero-order valence-electron chi connectivity index (χ0n) is 19.2. The van der Waals surface area contributed by atoms with Crippen molar-refractivity contribution in [2.24, 2.45) is 0 Å². The zero-order chi connectivity index (χ0) is 23.8. The maximum atomic E-state index is 12.4. The first-order valence-corrected chi connectivity index (χ1v) is 11.7. The van der Waals surface area contributed by atoms with Crippen molar-refractivity contribution >= 4 is 23.7 Å². The van der Waals surface area contributed by atoms with Gasteiger partial charge in [0.15, 0.2) is 11.0 Å². The summed E-state index contributed by atoms with van der Waals surface area (Å²) < 4.78 is 7.96. The van der Waals surface area contributed by atoms with E-state index in [1.54, 1.807) is 6.92 Å². The highest BCUT2D eigenvalue weighted by molar-refractivity contribution is 8.00. The number of hydrogen-bond donors (Lipinski definition) is 2. The average molecular weight is 468 g/mol. The van der Waals surface area contributed by atoms with Crippen LogP contribution in [0.25, 0.3) is 0 Å². The predicted molar refractivity (Wildman–Crippen MR) is 128 cm³/mol. The number of rotatable bonds is 9. The maximum Gasteiger partial charge on any atom is 0.321 e. The number of nitrogens with zero attached hydrogens (tertiary/aromatic N) is 3. The monoisotopic (exact) mass is 467 g/mol. The van der Waals surface area contributed by atoms with Gasteiger partial charge in [-0.15, -0.1) is 10.2 Å².